The molecule has 0 amide bonds. The van der Waals surface area contributed by atoms with Crippen LogP contribution >= 0.6 is 0 Å². The zero-order valence-corrected chi connectivity index (χ0v) is 45.8. The van der Waals surface area contributed by atoms with Crippen LogP contribution in [0.5, 0.6) is 0 Å². The maximum atomic E-state index is 18.2. The molecule has 2 nitrogen and oxygen atoms in total. The lowest BCUT2D eigenvalue weighted by atomic mass is 9.31. The molecule has 8 rings (SSSR count). The van der Waals surface area contributed by atoms with Gasteiger partial charge in [-0.3, -0.25) is 9.69 Å². The summed E-state index contributed by atoms with van der Waals surface area (Å²) < 4.78 is 0. The number of piperidine rings is 1. The van der Waals surface area contributed by atoms with Crippen LogP contribution in [0, 0.1) is 46.3 Å². The highest BCUT2D eigenvalue weighted by Gasteiger charge is 2.77. The Morgan fingerprint density at radius 3 is 1.00 bits per heavy atom. The summed E-state index contributed by atoms with van der Waals surface area (Å²) in [6.45, 7) is 2.30. The number of likely N-dealkylation sites (tertiary alicyclic amines) is 1. The van der Waals surface area contributed by atoms with E-state index in [2.05, 4.69) is 35.2 Å². The van der Waals surface area contributed by atoms with Gasteiger partial charge in [-0.05, 0) is 119 Å². The van der Waals surface area contributed by atoms with Gasteiger partial charge in [-0.1, -0.05) is 261 Å². The van der Waals surface area contributed by atoms with E-state index in [4.69, 9.17) is 0 Å². The van der Waals surface area contributed by atoms with E-state index in [9.17, 15) is 0 Å². The lowest BCUT2D eigenvalue weighted by Gasteiger charge is -2.77. The Morgan fingerprint density at radius 2 is 0.652 bits per heavy atom. The standard InChI is InChI=1S/C67H113NO/c69-64(58-42-28-13-1-2-14-29-43-58)65(59-44-30-15-3-4-16-31-45-59)54-55-68(56-57-40-26-25-27-41-57)67(62-50-36-21-9-10-22-37-51-62,63-52-38-23-11-12-24-39-53-63)66(65,60-46-32-17-5-6-18-33-47-60)61-48-34-19-7-8-20-35-49-61/h25-27,40-41,58-63H,1-24,28-39,42-56H2. The van der Waals surface area contributed by atoms with Crippen LogP contribution < -0.4 is 0 Å². The highest BCUT2D eigenvalue weighted by molar-refractivity contribution is 5.89. The van der Waals surface area contributed by atoms with Gasteiger partial charge in [-0.25, -0.2) is 0 Å². The zero-order valence-electron chi connectivity index (χ0n) is 45.8. The third-order valence-electron chi connectivity index (χ3n) is 22.1. The fourth-order valence-electron chi connectivity index (χ4n) is 19.4. The van der Waals surface area contributed by atoms with E-state index in [-0.39, 0.29) is 22.3 Å². The Labute approximate surface area is 429 Å². The molecule has 6 aliphatic carbocycles. The van der Waals surface area contributed by atoms with Gasteiger partial charge in [0, 0.05) is 35.4 Å². The first-order valence-corrected chi connectivity index (χ1v) is 32.6. The zero-order chi connectivity index (χ0) is 47.3. The minimum atomic E-state index is -0.225. The maximum absolute atomic E-state index is 18.2. The summed E-state index contributed by atoms with van der Waals surface area (Å²) in [5, 5.41) is 0. The van der Waals surface area contributed by atoms with Crippen LogP contribution in [0.3, 0.4) is 0 Å². The van der Waals surface area contributed by atoms with Gasteiger partial charge in [0.05, 0.1) is 0 Å². The van der Waals surface area contributed by atoms with Gasteiger partial charge < -0.3 is 0 Å². The summed E-state index contributed by atoms with van der Waals surface area (Å²) in [4.78, 5) is 21.7. The molecule has 1 heterocycles. The van der Waals surface area contributed by atoms with Gasteiger partial charge in [0.1, 0.15) is 5.78 Å². The quantitative estimate of drug-likeness (QED) is 0.246. The molecular weight excluding hydrogens is 835 g/mol. The van der Waals surface area contributed by atoms with Crippen molar-refractivity contribution in [3.8, 4) is 0 Å². The van der Waals surface area contributed by atoms with E-state index in [0.29, 0.717) is 29.6 Å². The SMILES string of the molecule is O=C(C1CCCCCCCC1)C1(C2CCCCCCCC2)CCN(Cc2ccccc2)C(C2CCCCCCCC2)(C2CCCCCCCC2)C1(C1CCCCCCCC1)C1CCCCCCCC1. The first kappa shape index (κ1) is 54.1. The molecule has 69 heavy (non-hydrogen) atoms. The number of hydrogen-bond acceptors (Lipinski definition) is 2. The number of nitrogens with zero attached hydrogens (tertiary/aromatic N) is 1. The monoisotopic (exact) mass is 948 g/mol. The fraction of sp³-hybridized carbons (Fsp3) is 0.896. The van der Waals surface area contributed by atoms with Crippen molar-refractivity contribution in [1.82, 2.24) is 4.90 Å². The van der Waals surface area contributed by atoms with Crippen molar-refractivity contribution in [2.24, 2.45) is 46.3 Å². The molecule has 1 aliphatic heterocycles. The van der Waals surface area contributed by atoms with Crippen molar-refractivity contribution in [3.63, 3.8) is 0 Å². The van der Waals surface area contributed by atoms with Crippen molar-refractivity contribution in [3.05, 3.63) is 35.9 Å². The Kier molecular flexibility index (Phi) is 22.8. The topological polar surface area (TPSA) is 20.3 Å². The number of carbonyl (C=O) groups excluding carboxylic acids is 1. The van der Waals surface area contributed by atoms with Crippen LogP contribution in [-0.4, -0.2) is 22.8 Å². The molecule has 1 saturated heterocycles. The average molecular weight is 949 g/mol. The normalized spacial score (nSPS) is 29.7. The first-order valence-electron chi connectivity index (χ1n) is 32.6. The Hall–Kier alpha value is -1.15. The summed E-state index contributed by atoms with van der Waals surface area (Å²) in [5.74, 6) is 4.48. The highest BCUT2D eigenvalue weighted by Crippen LogP contribution is 2.76. The summed E-state index contributed by atoms with van der Waals surface area (Å²) in [6, 6.07) is 12.1. The maximum Gasteiger partial charge on any atom is 0.143 e. The molecule has 6 saturated carbocycles. The van der Waals surface area contributed by atoms with Crippen molar-refractivity contribution < 1.29 is 4.79 Å². The molecule has 0 spiro atoms. The smallest absolute Gasteiger partial charge is 0.143 e. The van der Waals surface area contributed by atoms with Crippen LogP contribution in [0.2, 0.25) is 0 Å². The molecule has 7 fully saturated rings. The number of carbonyl (C=O) groups is 1. The van der Waals surface area contributed by atoms with Crippen molar-refractivity contribution in [1.29, 1.82) is 0 Å². The van der Waals surface area contributed by atoms with E-state index in [1.54, 1.807) is 5.56 Å². The predicted octanol–water partition coefficient (Wildman–Crippen LogP) is 20.7. The van der Waals surface area contributed by atoms with E-state index >= 15 is 4.79 Å². The predicted molar refractivity (Wildman–Crippen MR) is 297 cm³/mol. The van der Waals surface area contributed by atoms with Crippen molar-refractivity contribution in [2.75, 3.05) is 6.54 Å². The molecule has 1 atom stereocenters. The van der Waals surface area contributed by atoms with E-state index in [1.165, 1.54) is 321 Å². The summed E-state index contributed by atoms with van der Waals surface area (Å²) >= 11 is 0. The number of benzene rings is 1. The molecule has 0 bridgehead atoms. The van der Waals surface area contributed by atoms with Crippen LogP contribution in [0.15, 0.2) is 30.3 Å². The molecule has 1 unspecified atom stereocenters. The molecule has 1 aromatic rings. The Balaban J connectivity index is 1.53. The van der Waals surface area contributed by atoms with Gasteiger partial charge in [-0.2, -0.15) is 0 Å². The molecule has 1 aromatic carbocycles. The number of Topliss-reactive ketones (excluding diaryl/α,β-unsaturated/α-hetero) is 1. The molecule has 7 aliphatic rings. The fourth-order valence-corrected chi connectivity index (χ4v) is 19.4. The van der Waals surface area contributed by atoms with Gasteiger partial charge in [0.15, 0.2) is 0 Å². The summed E-state index contributed by atoms with van der Waals surface area (Å²) in [6.07, 6.45) is 68.6. The minimum Gasteiger partial charge on any atom is -0.299 e. The lowest BCUT2D eigenvalue weighted by molar-refractivity contribution is -0.284. The third-order valence-corrected chi connectivity index (χ3v) is 22.1. The number of hydrogen-bond donors (Lipinski definition) is 0. The second-order valence-corrected chi connectivity index (χ2v) is 26.1. The van der Waals surface area contributed by atoms with Crippen molar-refractivity contribution >= 4 is 5.78 Å². The van der Waals surface area contributed by atoms with Gasteiger partial charge in [0.2, 0.25) is 0 Å². The number of rotatable bonds is 9. The lowest BCUT2D eigenvalue weighted by Crippen LogP contribution is -2.82. The van der Waals surface area contributed by atoms with Gasteiger partial charge in [0.25, 0.3) is 0 Å². The number of ketones is 1. The largest absolute Gasteiger partial charge is 0.299 e. The molecule has 0 radical (unpaired) electrons. The Morgan fingerprint density at radius 1 is 0.362 bits per heavy atom. The first-order chi connectivity index (χ1) is 34.2. The van der Waals surface area contributed by atoms with E-state index in [1.807, 2.05) is 0 Å². The third kappa shape index (κ3) is 13.0. The molecule has 2 heteroatoms. The second-order valence-electron chi connectivity index (χ2n) is 26.1. The van der Waals surface area contributed by atoms with Crippen LogP contribution in [0.1, 0.15) is 320 Å². The van der Waals surface area contributed by atoms with Gasteiger partial charge >= 0.3 is 0 Å². The average Bonchev–Trinajstić information content (AvgIpc) is 3.85. The van der Waals surface area contributed by atoms with E-state index < -0.39 is 0 Å². The molecule has 0 aromatic heterocycles. The molecule has 392 valence electrons. The second kappa shape index (κ2) is 29.1. The Bertz CT molecular complexity index is 1440. The molecular formula is C67H113NO. The minimum absolute atomic E-state index is 0.00733. The van der Waals surface area contributed by atoms with Crippen molar-refractivity contribution in [2.45, 2.75) is 327 Å². The summed E-state index contributed by atoms with van der Waals surface area (Å²) in [7, 11) is 0. The van der Waals surface area contributed by atoms with Gasteiger partial charge in [-0.15, -0.1) is 0 Å². The van der Waals surface area contributed by atoms with E-state index in [0.717, 1.165) is 12.3 Å². The molecule has 0 N–H and O–H groups in total. The van der Waals surface area contributed by atoms with Crippen LogP contribution in [0.4, 0.5) is 0 Å². The summed E-state index contributed by atoms with van der Waals surface area (Å²) in [5.41, 5.74) is 1.40. The highest BCUT2D eigenvalue weighted by atomic mass is 16.1. The van der Waals surface area contributed by atoms with Crippen LogP contribution in [0.25, 0.3) is 0 Å². The van der Waals surface area contributed by atoms with Crippen LogP contribution in [-0.2, 0) is 11.3 Å².